The van der Waals surface area contributed by atoms with Gasteiger partial charge in [0, 0.05) is 50.5 Å². The highest BCUT2D eigenvalue weighted by Gasteiger charge is 2.28. The molecule has 2 aromatic rings. The molecule has 5 fully saturated rings. The molecule has 0 spiro atoms. The fourth-order valence-corrected chi connectivity index (χ4v) is 8.78. The zero-order chi connectivity index (χ0) is 34.1. The van der Waals surface area contributed by atoms with E-state index in [9.17, 15) is 9.59 Å². The fourth-order valence-electron chi connectivity index (χ4n) is 8.78. The molecule has 0 radical (unpaired) electrons. The van der Waals surface area contributed by atoms with Gasteiger partial charge >= 0.3 is 0 Å². The van der Waals surface area contributed by atoms with Crippen LogP contribution in [0.25, 0.3) is 0 Å². The average Bonchev–Trinajstić information content (AvgIpc) is 3.98. The summed E-state index contributed by atoms with van der Waals surface area (Å²) < 4.78 is 6.04. The molecule has 5 saturated heterocycles. The van der Waals surface area contributed by atoms with E-state index in [1.165, 1.54) is 90.6 Å². The molecule has 5 aliphatic heterocycles. The van der Waals surface area contributed by atoms with Crippen LogP contribution in [0.5, 0.6) is 5.75 Å². The lowest BCUT2D eigenvalue weighted by Gasteiger charge is -2.34. The monoisotopic (exact) mass is 684 g/mol. The highest BCUT2D eigenvalue weighted by atomic mass is 16.5. The van der Waals surface area contributed by atoms with Crippen molar-refractivity contribution in [3.63, 3.8) is 0 Å². The zero-order valence-corrected chi connectivity index (χ0v) is 30.3. The van der Waals surface area contributed by atoms with Gasteiger partial charge in [0.05, 0.1) is 11.3 Å². The summed E-state index contributed by atoms with van der Waals surface area (Å²) in [5.41, 5.74) is 2.85. The average molecular weight is 685 g/mol. The van der Waals surface area contributed by atoms with Crippen LogP contribution in [0, 0.1) is 11.8 Å². The van der Waals surface area contributed by atoms with E-state index in [1.54, 1.807) is 0 Å². The molecule has 50 heavy (non-hydrogen) atoms. The van der Waals surface area contributed by atoms with Crippen molar-refractivity contribution >= 4 is 23.2 Å². The van der Waals surface area contributed by atoms with Crippen LogP contribution >= 0.6 is 0 Å². The number of benzene rings is 2. The van der Waals surface area contributed by atoms with Gasteiger partial charge in [-0.2, -0.15) is 0 Å². The molecule has 5 heterocycles. The number of rotatable bonds is 13. The molecule has 0 unspecified atom stereocenters. The molecule has 9 nitrogen and oxygen atoms in total. The van der Waals surface area contributed by atoms with E-state index < -0.39 is 0 Å². The number of carbonyl (C=O) groups excluding carboxylic acids is 2. The Morgan fingerprint density at radius 3 is 1.64 bits per heavy atom. The first kappa shape index (κ1) is 35.3. The first-order valence-corrected chi connectivity index (χ1v) is 20.0. The lowest BCUT2D eigenvalue weighted by atomic mass is 9.92. The third-order valence-corrected chi connectivity index (χ3v) is 12.2. The fraction of sp³-hybridized carbons (Fsp3) is 0.659. The lowest BCUT2D eigenvalue weighted by molar-refractivity contribution is 0.0671. The van der Waals surface area contributed by atoms with Crippen molar-refractivity contribution in [3.8, 4) is 5.75 Å². The molecule has 9 heteroatoms. The summed E-state index contributed by atoms with van der Waals surface area (Å²) in [6, 6.07) is 13.6. The van der Waals surface area contributed by atoms with Crippen LogP contribution in [-0.4, -0.2) is 122 Å². The zero-order valence-electron chi connectivity index (χ0n) is 30.3. The predicted octanol–water partition coefficient (Wildman–Crippen LogP) is 6.54. The maximum absolute atomic E-state index is 14.1. The van der Waals surface area contributed by atoms with E-state index >= 15 is 0 Å². The van der Waals surface area contributed by atoms with Crippen molar-refractivity contribution in [1.82, 2.24) is 24.5 Å². The Morgan fingerprint density at radius 1 is 0.600 bits per heavy atom. The van der Waals surface area contributed by atoms with Gasteiger partial charge in [-0.3, -0.25) is 14.5 Å². The number of hydrogen-bond acceptors (Lipinski definition) is 7. The Bertz CT molecular complexity index is 1380. The van der Waals surface area contributed by atoms with Crippen LogP contribution in [0.3, 0.4) is 0 Å². The van der Waals surface area contributed by atoms with Crippen molar-refractivity contribution in [2.45, 2.75) is 77.0 Å². The third kappa shape index (κ3) is 9.39. The SMILES string of the molecule is O=C(c1ccc(C(=O)N2CCC(CCN3CCCC3)CC2)c(Nc2ccc(OCN3CCCC3)cc2)c1)N1CCC(CCN2CCCC2)CC1. The van der Waals surface area contributed by atoms with Gasteiger partial charge in [0.25, 0.3) is 11.8 Å². The van der Waals surface area contributed by atoms with Gasteiger partial charge in [-0.05, 0) is 171 Å². The van der Waals surface area contributed by atoms with E-state index in [0.717, 1.165) is 76.4 Å². The number of hydrogen-bond donors (Lipinski definition) is 1. The second-order valence-corrected chi connectivity index (χ2v) is 15.7. The minimum atomic E-state index is 0.0499. The largest absolute Gasteiger partial charge is 0.478 e. The van der Waals surface area contributed by atoms with Gasteiger partial charge in [-0.1, -0.05) is 0 Å². The van der Waals surface area contributed by atoms with Gasteiger partial charge in [-0.15, -0.1) is 0 Å². The highest BCUT2D eigenvalue weighted by Crippen LogP contribution is 2.30. The normalized spacial score (nSPS) is 21.7. The van der Waals surface area contributed by atoms with Crippen LogP contribution in [-0.2, 0) is 0 Å². The minimum absolute atomic E-state index is 0.0499. The third-order valence-electron chi connectivity index (χ3n) is 12.2. The summed E-state index contributed by atoms with van der Waals surface area (Å²) in [5, 5.41) is 3.53. The second-order valence-electron chi connectivity index (χ2n) is 15.7. The van der Waals surface area contributed by atoms with Crippen LogP contribution in [0.15, 0.2) is 42.5 Å². The van der Waals surface area contributed by atoms with E-state index in [1.807, 2.05) is 52.3 Å². The number of piperidine rings is 2. The summed E-state index contributed by atoms with van der Waals surface area (Å²) in [6.07, 6.45) is 14.6. The number of anilines is 2. The van der Waals surface area contributed by atoms with E-state index in [2.05, 4.69) is 20.0 Å². The summed E-state index contributed by atoms with van der Waals surface area (Å²) >= 11 is 0. The minimum Gasteiger partial charge on any atom is -0.478 e. The van der Waals surface area contributed by atoms with Crippen molar-refractivity contribution in [2.75, 3.05) is 90.6 Å². The molecule has 0 saturated carbocycles. The van der Waals surface area contributed by atoms with Crippen LogP contribution in [0.4, 0.5) is 11.4 Å². The van der Waals surface area contributed by atoms with E-state index in [0.29, 0.717) is 35.4 Å². The van der Waals surface area contributed by atoms with Gasteiger partial charge in [0.1, 0.15) is 12.5 Å². The summed E-state index contributed by atoms with van der Waals surface area (Å²) in [5.74, 6) is 2.33. The summed E-state index contributed by atoms with van der Waals surface area (Å²) in [7, 11) is 0. The number of nitrogens with zero attached hydrogens (tertiary/aromatic N) is 5. The molecule has 7 rings (SSSR count). The van der Waals surface area contributed by atoms with Gasteiger partial charge in [0.2, 0.25) is 0 Å². The molecule has 272 valence electrons. The van der Waals surface area contributed by atoms with Gasteiger partial charge < -0.3 is 29.7 Å². The Kier molecular flexibility index (Phi) is 12.3. The molecule has 0 aliphatic carbocycles. The quantitative estimate of drug-likeness (QED) is 0.257. The Morgan fingerprint density at radius 2 is 1.10 bits per heavy atom. The van der Waals surface area contributed by atoms with E-state index in [-0.39, 0.29) is 11.8 Å². The molecule has 1 N–H and O–H groups in total. The van der Waals surface area contributed by atoms with Crippen LogP contribution < -0.4 is 10.1 Å². The summed E-state index contributed by atoms with van der Waals surface area (Å²) in [4.78, 5) is 39.5. The molecular weight excluding hydrogens is 624 g/mol. The summed E-state index contributed by atoms with van der Waals surface area (Å²) in [6.45, 7) is 13.4. The number of nitrogens with one attached hydrogen (secondary N) is 1. The maximum Gasteiger partial charge on any atom is 0.255 e. The number of ether oxygens (including phenoxy) is 1. The molecule has 0 atom stereocenters. The Hall–Kier alpha value is -3.14. The van der Waals surface area contributed by atoms with Crippen LogP contribution in [0.1, 0.15) is 97.8 Å². The second kappa shape index (κ2) is 17.4. The van der Waals surface area contributed by atoms with Crippen molar-refractivity contribution in [3.05, 3.63) is 53.6 Å². The topological polar surface area (TPSA) is 71.6 Å². The first-order valence-electron chi connectivity index (χ1n) is 20.0. The smallest absolute Gasteiger partial charge is 0.255 e. The van der Waals surface area contributed by atoms with Crippen LogP contribution in [0.2, 0.25) is 0 Å². The molecule has 0 bridgehead atoms. The van der Waals surface area contributed by atoms with Gasteiger partial charge in [0.15, 0.2) is 0 Å². The highest BCUT2D eigenvalue weighted by molar-refractivity contribution is 6.03. The maximum atomic E-state index is 14.1. The predicted molar refractivity (Wildman–Crippen MR) is 200 cm³/mol. The lowest BCUT2D eigenvalue weighted by Crippen LogP contribution is -2.40. The standard InChI is InChI=1S/C41H60N6O3/c48-40(46-27-15-33(16-28-46)13-25-43-19-1-2-20-43)35-7-12-38(41(49)47-29-17-34(18-30-47)14-26-44-21-3-4-22-44)39(31-35)42-36-8-10-37(11-9-36)50-32-45-23-5-6-24-45/h7-12,31,33-34,42H,1-6,13-30,32H2. The molecular formula is C41H60N6O3. The Labute approximate surface area is 300 Å². The van der Waals surface area contributed by atoms with E-state index in [4.69, 9.17) is 4.74 Å². The molecule has 5 aliphatic rings. The molecule has 0 aromatic heterocycles. The molecule has 2 amide bonds. The van der Waals surface area contributed by atoms with Crippen molar-refractivity contribution in [2.24, 2.45) is 11.8 Å². The first-order chi connectivity index (χ1) is 24.6. The van der Waals surface area contributed by atoms with Crippen molar-refractivity contribution in [1.29, 1.82) is 0 Å². The Balaban J connectivity index is 0.997. The number of carbonyl (C=O) groups is 2. The number of likely N-dealkylation sites (tertiary alicyclic amines) is 5. The molecule has 2 aromatic carbocycles. The van der Waals surface area contributed by atoms with Gasteiger partial charge in [-0.25, -0.2) is 0 Å². The van der Waals surface area contributed by atoms with Crippen molar-refractivity contribution < 1.29 is 14.3 Å². The number of amides is 2.